The Morgan fingerprint density at radius 1 is 0.289 bits per heavy atom. The van der Waals surface area contributed by atoms with Crippen LogP contribution in [0.5, 0.6) is 5.75 Å². The summed E-state index contributed by atoms with van der Waals surface area (Å²) in [5, 5.41) is 0. The molecule has 7 fully saturated rings. The van der Waals surface area contributed by atoms with Crippen molar-refractivity contribution in [3.05, 3.63) is 102 Å². The van der Waals surface area contributed by atoms with E-state index in [2.05, 4.69) is 91.8 Å². The molecular formula is C69H110O14. The molecule has 0 atom stereocenters. The van der Waals surface area contributed by atoms with Gasteiger partial charge in [0.05, 0.1) is 177 Å². The van der Waals surface area contributed by atoms with Gasteiger partial charge in [-0.1, -0.05) is 135 Å². The highest BCUT2D eigenvalue weighted by molar-refractivity contribution is 5.22. The molecule has 0 unspecified atom stereocenters. The Bertz CT molecular complexity index is 2000. The zero-order valence-corrected chi connectivity index (χ0v) is 52.8. The SMILES string of the molecule is CCC1(COCCOCC2(CC)COC2)COC1.CCC1(COCc2ccc(COCC3(CC)COC3)cc2)COC1.CCC1(COCc2ccccc2)COC1.CCC1(COc2ccccc2)COC1.CCCCOCC1(CC)COC1. The average Bonchev–Trinajstić information content (AvgIpc) is 3.45. The van der Waals surface area contributed by atoms with E-state index in [0.717, 1.165) is 190 Å². The maximum atomic E-state index is 5.90. The molecule has 7 aliphatic heterocycles. The minimum atomic E-state index is 0.258. The number of benzene rings is 3. The lowest BCUT2D eigenvalue weighted by Gasteiger charge is -2.41. The first-order valence-electron chi connectivity index (χ1n) is 31.8. The van der Waals surface area contributed by atoms with E-state index in [1.807, 2.05) is 48.5 Å². The summed E-state index contributed by atoms with van der Waals surface area (Å²) in [5.41, 5.74) is 5.69. The van der Waals surface area contributed by atoms with E-state index in [9.17, 15) is 0 Å². The molecule has 0 amide bonds. The number of unbranched alkanes of at least 4 members (excludes halogenated alkanes) is 1. The molecule has 7 saturated heterocycles. The molecular weight excluding hydrogens is 1050 g/mol. The first kappa shape index (κ1) is 69.0. The number of para-hydroxylation sites is 1. The molecule has 14 nitrogen and oxygen atoms in total. The molecule has 83 heavy (non-hydrogen) atoms. The van der Waals surface area contributed by atoms with Crippen LogP contribution in [-0.4, -0.2) is 159 Å². The Morgan fingerprint density at radius 2 is 0.542 bits per heavy atom. The van der Waals surface area contributed by atoms with E-state index >= 15 is 0 Å². The average molecular weight is 1160 g/mol. The molecule has 0 aliphatic carbocycles. The molecule has 0 saturated carbocycles. The predicted molar refractivity (Wildman–Crippen MR) is 326 cm³/mol. The number of hydrogen-bond donors (Lipinski definition) is 0. The van der Waals surface area contributed by atoms with Crippen LogP contribution in [0.4, 0.5) is 0 Å². The van der Waals surface area contributed by atoms with Crippen molar-refractivity contribution in [2.75, 3.05) is 159 Å². The molecule has 0 bridgehead atoms. The maximum Gasteiger partial charge on any atom is 0.119 e. The molecule has 0 radical (unpaired) electrons. The summed E-state index contributed by atoms with van der Waals surface area (Å²) in [6, 6.07) is 28.8. The zero-order valence-electron chi connectivity index (χ0n) is 52.8. The number of hydrogen-bond acceptors (Lipinski definition) is 14. The third-order valence-corrected chi connectivity index (χ3v) is 18.4. The lowest BCUT2D eigenvalue weighted by Crippen LogP contribution is -2.46. The summed E-state index contributed by atoms with van der Waals surface area (Å²) in [6.07, 6.45) is 10.3. The lowest BCUT2D eigenvalue weighted by molar-refractivity contribution is -0.164. The fourth-order valence-electron chi connectivity index (χ4n) is 9.91. The van der Waals surface area contributed by atoms with E-state index in [1.54, 1.807) is 0 Å². The Hall–Kier alpha value is -3.06. The summed E-state index contributed by atoms with van der Waals surface area (Å²) < 4.78 is 77.1. The second-order valence-electron chi connectivity index (χ2n) is 25.3. The van der Waals surface area contributed by atoms with Crippen LogP contribution in [0.3, 0.4) is 0 Å². The van der Waals surface area contributed by atoms with Crippen molar-refractivity contribution in [1.82, 2.24) is 0 Å². The van der Waals surface area contributed by atoms with Gasteiger partial charge in [-0.3, -0.25) is 0 Å². The normalized spacial score (nSPS) is 20.8. The Labute approximate surface area is 501 Å². The fourth-order valence-corrected chi connectivity index (χ4v) is 9.91. The summed E-state index contributed by atoms with van der Waals surface area (Å²) in [6.45, 7) is 39.5. The fraction of sp³-hybridized carbons (Fsp3) is 0.739. The van der Waals surface area contributed by atoms with Crippen LogP contribution in [-0.2, 0) is 81.4 Å². The van der Waals surface area contributed by atoms with Gasteiger partial charge >= 0.3 is 0 Å². The van der Waals surface area contributed by atoms with Crippen molar-refractivity contribution in [3.63, 3.8) is 0 Å². The minimum Gasteiger partial charge on any atom is -0.493 e. The van der Waals surface area contributed by atoms with E-state index in [4.69, 9.17) is 66.3 Å². The highest BCUT2D eigenvalue weighted by atomic mass is 16.6. The van der Waals surface area contributed by atoms with E-state index < -0.39 is 0 Å². The number of rotatable bonds is 34. The topological polar surface area (TPSA) is 129 Å². The molecule has 470 valence electrons. The van der Waals surface area contributed by atoms with Crippen LogP contribution in [0, 0.1) is 37.9 Å². The standard InChI is InChI=1S/C20H30O4.C14H26O4.C13H18O2.C12H16O2.C10H20O2/c1-3-19(13-23-14-19)11-21-9-17-5-7-18(8-6-17)10-22-12-20(4-2)15-24-16-20;1-3-13(9-17-10-13)7-15-5-6-16-8-14(4-2)11-18-12-14;1-2-13(10-15-11-13)9-14-8-12-6-4-3-5-7-12;1-2-12(8-13-9-12)10-14-11-6-4-3-5-7-11;1-3-5-6-11-7-10(4-2)8-12-9-10/h5-8H,3-4,9-16H2,1-2H3;3-12H2,1-2H3;3-7H,2,8-11H2,1H3;3-7H,2,8-10H2,1H3;3-9H2,1-2H3. The summed E-state index contributed by atoms with van der Waals surface area (Å²) in [7, 11) is 0. The Morgan fingerprint density at radius 3 is 0.807 bits per heavy atom. The summed E-state index contributed by atoms with van der Waals surface area (Å²) >= 11 is 0. The smallest absolute Gasteiger partial charge is 0.119 e. The minimum absolute atomic E-state index is 0.258. The first-order chi connectivity index (χ1) is 40.5. The van der Waals surface area contributed by atoms with Gasteiger partial charge in [-0.2, -0.15) is 0 Å². The molecule has 7 heterocycles. The molecule has 3 aromatic carbocycles. The Balaban J connectivity index is 0.000000170. The van der Waals surface area contributed by atoms with Gasteiger partial charge in [0.1, 0.15) is 5.75 Å². The summed E-state index contributed by atoms with van der Waals surface area (Å²) in [4.78, 5) is 0. The maximum absolute atomic E-state index is 5.90. The van der Waals surface area contributed by atoms with Gasteiger partial charge in [-0.05, 0) is 80.2 Å². The van der Waals surface area contributed by atoms with Gasteiger partial charge in [0, 0.05) is 39.1 Å². The molecule has 0 aromatic heterocycles. The van der Waals surface area contributed by atoms with Crippen LogP contribution in [0.15, 0.2) is 84.9 Å². The van der Waals surface area contributed by atoms with Crippen LogP contribution in [0.25, 0.3) is 0 Å². The predicted octanol–water partition coefficient (Wildman–Crippen LogP) is 12.8. The first-order valence-corrected chi connectivity index (χ1v) is 31.8. The third kappa shape index (κ3) is 22.2. The van der Waals surface area contributed by atoms with Gasteiger partial charge < -0.3 is 66.3 Å². The summed E-state index contributed by atoms with van der Waals surface area (Å²) in [5.74, 6) is 0.951. The molecule has 10 rings (SSSR count). The van der Waals surface area contributed by atoms with Crippen molar-refractivity contribution in [2.24, 2.45) is 37.9 Å². The molecule has 0 N–H and O–H groups in total. The molecule has 7 aliphatic rings. The largest absolute Gasteiger partial charge is 0.493 e. The Kier molecular flexibility index (Phi) is 30.2. The lowest BCUT2D eigenvalue weighted by atomic mass is 9.84. The van der Waals surface area contributed by atoms with Crippen molar-refractivity contribution in [1.29, 1.82) is 0 Å². The molecule has 0 spiro atoms. The van der Waals surface area contributed by atoms with Crippen molar-refractivity contribution in [3.8, 4) is 5.75 Å². The van der Waals surface area contributed by atoms with Crippen LogP contribution in [0.2, 0.25) is 0 Å². The molecule has 3 aromatic rings. The van der Waals surface area contributed by atoms with E-state index in [1.165, 1.54) is 36.0 Å². The monoisotopic (exact) mass is 1160 g/mol. The van der Waals surface area contributed by atoms with Gasteiger partial charge in [0.25, 0.3) is 0 Å². The van der Waals surface area contributed by atoms with Crippen LogP contribution in [0.1, 0.15) is 130 Å². The highest BCUT2D eigenvalue weighted by Gasteiger charge is 2.41. The molecule has 14 heteroatoms. The van der Waals surface area contributed by atoms with E-state index in [-0.39, 0.29) is 27.1 Å². The van der Waals surface area contributed by atoms with Gasteiger partial charge in [0.2, 0.25) is 0 Å². The quantitative estimate of drug-likeness (QED) is 0.0526. The van der Waals surface area contributed by atoms with Gasteiger partial charge in [0.15, 0.2) is 0 Å². The van der Waals surface area contributed by atoms with Crippen LogP contribution >= 0.6 is 0 Å². The third-order valence-electron chi connectivity index (χ3n) is 18.4. The highest BCUT2D eigenvalue weighted by Crippen LogP contribution is 2.36. The zero-order chi connectivity index (χ0) is 59.1. The second kappa shape index (κ2) is 36.3. The van der Waals surface area contributed by atoms with Gasteiger partial charge in [-0.25, -0.2) is 0 Å². The van der Waals surface area contributed by atoms with Crippen molar-refractivity contribution in [2.45, 2.75) is 133 Å². The second-order valence-corrected chi connectivity index (χ2v) is 25.3. The number of ether oxygens (including phenoxy) is 14. The van der Waals surface area contributed by atoms with E-state index in [0.29, 0.717) is 43.9 Å². The van der Waals surface area contributed by atoms with Crippen molar-refractivity contribution >= 4 is 0 Å². The van der Waals surface area contributed by atoms with Crippen LogP contribution < -0.4 is 4.74 Å². The van der Waals surface area contributed by atoms with Crippen molar-refractivity contribution < 1.29 is 66.3 Å². The van der Waals surface area contributed by atoms with Gasteiger partial charge in [-0.15, -0.1) is 0 Å².